The normalized spacial score (nSPS) is 39.8. The molecule has 0 amide bonds. The average molecular weight is 242 g/mol. The van der Waals surface area contributed by atoms with E-state index in [1.54, 1.807) is 0 Å². The van der Waals surface area contributed by atoms with Crippen LogP contribution in [0.4, 0.5) is 0 Å². The maximum Gasteiger partial charge on any atom is 0.314 e. The topological polar surface area (TPSA) is 72.8 Å². The van der Waals surface area contributed by atoms with Crippen molar-refractivity contribution in [2.24, 2.45) is 10.8 Å². The first-order valence-electron chi connectivity index (χ1n) is 5.86. The van der Waals surface area contributed by atoms with Gasteiger partial charge < -0.3 is 14.6 Å². The van der Waals surface area contributed by atoms with Crippen LogP contribution in [0.25, 0.3) is 0 Å². The summed E-state index contributed by atoms with van der Waals surface area (Å²) in [5.74, 6) is -0.627. The summed E-state index contributed by atoms with van der Waals surface area (Å²) in [4.78, 5) is 23.6. The van der Waals surface area contributed by atoms with E-state index in [0.717, 1.165) is 0 Å². The van der Waals surface area contributed by atoms with Crippen LogP contribution in [0.2, 0.25) is 0 Å². The first-order valence-corrected chi connectivity index (χ1v) is 5.86. The predicted octanol–water partition coefficient (Wildman–Crippen LogP) is 0.644. The molecule has 3 aliphatic rings. The molecule has 3 rings (SSSR count). The molecule has 1 unspecified atom stereocenters. The van der Waals surface area contributed by atoms with Gasteiger partial charge in [0.15, 0.2) is 0 Å². The zero-order valence-electron chi connectivity index (χ0n) is 10.2. The number of methoxy groups -OCH3 is 2. The summed E-state index contributed by atoms with van der Waals surface area (Å²) < 4.78 is 9.59. The molecule has 0 aromatic rings. The molecular weight excluding hydrogens is 224 g/mol. The van der Waals surface area contributed by atoms with Gasteiger partial charge in [0.05, 0.1) is 31.2 Å². The van der Waals surface area contributed by atoms with E-state index in [9.17, 15) is 14.7 Å². The Kier molecular flexibility index (Phi) is 2.89. The van der Waals surface area contributed by atoms with E-state index in [0.29, 0.717) is 32.1 Å². The Morgan fingerprint density at radius 1 is 1.06 bits per heavy atom. The zero-order chi connectivity index (χ0) is 12.7. The second-order valence-corrected chi connectivity index (χ2v) is 5.14. The van der Waals surface area contributed by atoms with Crippen LogP contribution in [-0.2, 0) is 19.1 Å². The Bertz CT molecular complexity index is 341. The molecule has 0 aromatic carbocycles. The summed E-state index contributed by atoms with van der Waals surface area (Å²) >= 11 is 0. The van der Waals surface area contributed by atoms with Gasteiger partial charge in [-0.1, -0.05) is 0 Å². The number of aliphatic hydroxyl groups is 1. The van der Waals surface area contributed by atoms with Crippen molar-refractivity contribution in [2.75, 3.05) is 14.2 Å². The summed E-state index contributed by atoms with van der Waals surface area (Å²) in [5.41, 5.74) is -1.39. The number of hydrogen-bond donors (Lipinski definition) is 1. The van der Waals surface area contributed by atoms with Crippen LogP contribution in [0.3, 0.4) is 0 Å². The SMILES string of the molecule is COC(=O)C12CCC(C(=O)OC)(CC1)C(O)C2. The molecule has 17 heavy (non-hydrogen) atoms. The highest BCUT2D eigenvalue weighted by Crippen LogP contribution is 2.57. The molecule has 0 saturated heterocycles. The molecule has 2 bridgehead atoms. The number of carbonyl (C=O) groups is 2. The van der Waals surface area contributed by atoms with Gasteiger partial charge in [-0.3, -0.25) is 9.59 Å². The molecule has 0 aliphatic heterocycles. The minimum Gasteiger partial charge on any atom is -0.469 e. The van der Waals surface area contributed by atoms with Gasteiger partial charge >= 0.3 is 11.9 Å². The molecule has 0 radical (unpaired) electrons. The van der Waals surface area contributed by atoms with Gasteiger partial charge in [0, 0.05) is 0 Å². The second kappa shape index (κ2) is 3.98. The fourth-order valence-electron chi connectivity index (χ4n) is 3.32. The van der Waals surface area contributed by atoms with Crippen molar-refractivity contribution in [3.8, 4) is 0 Å². The van der Waals surface area contributed by atoms with Crippen LogP contribution in [0.5, 0.6) is 0 Å². The number of hydrogen-bond acceptors (Lipinski definition) is 5. The van der Waals surface area contributed by atoms with Gasteiger partial charge in [0.1, 0.15) is 0 Å². The lowest BCUT2D eigenvalue weighted by molar-refractivity contribution is -0.192. The van der Waals surface area contributed by atoms with Crippen molar-refractivity contribution in [3.63, 3.8) is 0 Å². The number of esters is 2. The predicted molar refractivity (Wildman–Crippen MR) is 58.0 cm³/mol. The quantitative estimate of drug-likeness (QED) is 0.719. The first-order chi connectivity index (χ1) is 8.00. The maximum absolute atomic E-state index is 11.8. The molecule has 5 heteroatoms. The Hall–Kier alpha value is -1.10. The van der Waals surface area contributed by atoms with Gasteiger partial charge in [0.2, 0.25) is 0 Å². The summed E-state index contributed by atoms with van der Waals surface area (Å²) in [5, 5.41) is 10.2. The molecule has 3 aliphatic carbocycles. The van der Waals surface area contributed by atoms with Crippen LogP contribution >= 0.6 is 0 Å². The third-order valence-electron chi connectivity index (χ3n) is 4.53. The van der Waals surface area contributed by atoms with Crippen molar-refractivity contribution in [3.05, 3.63) is 0 Å². The Balaban J connectivity index is 2.24. The van der Waals surface area contributed by atoms with Crippen molar-refractivity contribution >= 4 is 11.9 Å². The van der Waals surface area contributed by atoms with Crippen LogP contribution in [-0.4, -0.2) is 37.4 Å². The van der Waals surface area contributed by atoms with E-state index in [1.165, 1.54) is 14.2 Å². The molecule has 96 valence electrons. The summed E-state index contributed by atoms with van der Waals surface area (Å²) in [6.07, 6.45) is 1.66. The number of rotatable bonds is 2. The van der Waals surface area contributed by atoms with Crippen LogP contribution in [0.1, 0.15) is 32.1 Å². The highest BCUT2D eigenvalue weighted by atomic mass is 16.5. The number of fused-ring (bicyclic) bond motifs is 3. The van der Waals surface area contributed by atoms with Crippen LogP contribution in [0.15, 0.2) is 0 Å². The molecule has 0 spiro atoms. The first kappa shape index (κ1) is 12.4. The number of carbonyl (C=O) groups excluding carboxylic acids is 2. The van der Waals surface area contributed by atoms with Gasteiger partial charge in [-0.25, -0.2) is 0 Å². The minimum atomic E-state index is -0.809. The van der Waals surface area contributed by atoms with Crippen molar-refractivity contribution < 1.29 is 24.2 Å². The van der Waals surface area contributed by atoms with Gasteiger partial charge in [-0.2, -0.15) is 0 Å². The molecule has 3 saturated carbocycles. The van der Waals surface area contributed by atoms with E-state index in [4.69, 9.17) is 9.47 Å². The number of aliphatic hydroxyl groups excluding tert-OH is 1. The molecular formula is C12H18O5. The lowest BCUT2D eigenvalue weighted by Gasteiger charge is -2.52. The Labute approximate surface area is 100 Å². The Morgan fingerprint density at radius 3 is 2.00 bits per heavy atom. The third kappa shape index (κ3) is 1.56. The van der Waals surface area contributed by atoms with Crippen molar-refractivity contribution in [2.45, 2.75) is 38.2 Å². The minimum absolute atomic E-state index is 0.269. The second-order valence-electron chi connectivity index (χ2n) is 5.14. The van der Waals surface area contributed by atoms with E-state index in [-0.39, 0.29) is 11.9 Å². The fourth-order valence-corrected chi connectivity index (χ4v) is 3.32. The average Bonchev–Trinajstić information content (AvgIpc) is 2.38. The summed E-state index contributed by atoms with van der Waals surface area (Å²) in [7, 11) is 2.70. The van der Waals surface area contributed by atoms with Crippen molar-refractivity contribution in [1.29, 1.82) is 0 Å². The van der Waals surface area contributed by atoms with Crippen LogP contribution < -0.4 is 0 Å². The third-order valence-corrected chi connectivity index (χ3v) is 4.53. The standard InChI is InChI=1S/C12H18O5/c1-16-9(14)11-3-5-12(6-4-11,8(13)7-11)10(15)17-2/h8,13H,3-7H2,1-2H3. The van der Waals surface area contributed by atoms with Gasteiger partial charge in [0.25, 0.3) is 0 Å². The molecule has 1 N–H and O–H groups in total. The molecule has 5 nitrogen and oxygen atoms in total. The molecule has 1 atom stereocenters. The fraction of sp³-hybridized carbons (Fsp3) is 0.833. The van der Waals surface area contributed by atoms with E-state index in [2.05, 4.69) is 0 Å². The lowest BCUT2D eigenvalue weighted by atomic mass is 9.52. The Morgan fingerprint density at radius 2 is 1.59 bits per heavy atom. The van der Waals surface area contributed by atoms with Crippen molar-refractivity contribution in [1.82, 2.24) is 0 Å². The summed E-state index contributed by atoms with van der Waals surface area (Å²) in [6, 6.07) is 0. The van der Waals surface area contributed by atoms with E-state index < -0.39 is 16.9 Å². The highest BCUT2D eigenvalue weighted by Gasteiger charge is 2.61. The summed E-state index contributed by atoms with van der Waals surface area (Å²) in [6.45, 7) is 0. The highest BCUT2D eigenvalue weighted by molar-refractivity contribution is 5.82. The monoisotopic (exact) mass is 242 g/mol. The smallest absolute Gasteiger partial charge is 0.314 e. The van der Waals surface area contributed by atoms with Crippen LogP contribution in [0, 0.1) is 10.8 Å². The molecule has 3 fully saturated rings. The van der Waals surface area contributed by atoms with Gasteiger partial charge in [-0.15, -0.1) is 0 Å². The van der Waals surface area contributed by atoms with E-state index in [1.807, 2.05) is 0 Å². The van der Waals surface area contributed by atoms with E-state index >= 15 is 0 Å². The maximum atomic E-state index is 11.8. The lowest BCUT2D eigenvalue weighted by Crippen LogP contribution is -2.57. The number of ether oxygens (including phenoxy) is 2. The largest absolute Gasteiger partial charge is 0.469 e. The zero-order valence-corrected chi connectivity index (χ0v) is 10.2. The molecule has 0 heterocycles. The van der Waals surface area contributed by atoms with Gasteiger partial charge in [-0.05, 0) is 32.1 Å². The molecule has 0 aromatic heterocycles.